The van der Waals surface area contributed by atoms with Gasteiger partial charge in [0, 0.05) is 70.3 Å². The van der Waals surface area contributed by atoms with Gasteiger partial charge in [-0.25, -0.2) is 13.8 Å². The first-order valence-corrected chi connectivity index (χ1v) is 28.9. The van der Waals surface area contributed by atoms with Crippen molar-refractivity contribution in [2.45, 2.75) is 236 Å². The van der Waals surface area contributed by atoms with Gasteiger partial charge in [0.25, 0.3) is 0 Å². The number of aliphatic hydroxyl groups is 5. The summed E-state index contributed by atoms with van der Waals surface area (Å²) in [7, 11) is 6.75. The van der Waals surface area contributed by atoms with Gasteiger partial charge >= 0.3 is 5.97 Å². The van der Waals surface area contributed by atoms with Crippen LogP contribution in [0.3, 0.4) is 0 Å². The van der Waals surface area contributed by atoms with Gasteiger partial charge in [0.2, 0.25) is 0 Å². The van der Waals surface area contributed by atoms with Crippen LogP contribution in [0, 0.1) is 17.8 Å². The zero-order valence-corrected chi connectivity index (χ0v) is 50.4. The highest BCUT2D eigenvalue weighted by Gasteiger charge is 2.53. The molecule has 3 fully saturated rings. The van der Waals surface area contributed by atoms with E-state index in [1.54, 1.807) is 59.3 Å². The van der Waals surface area contributed by atoms with Crippen LogP contribution < -0.4 is 0 Å². The average molecular weight is 1130 g/mol. The van der Waals surface area contributed by atoms with Crippen LogP contribution in [-0.4, -0.2) is 210 Å². The molecule has 2 aromatic heterocycles. The van der Waals surface area contributed by atoms with Gasteiger partial charge in [0.05, 0.1) is 64.8 Å². The van der Waals surface area contributed by atoms with Crippen molar-refractivity contribution in [2.75, 3.05) is 48.1 Å². The second-order valence-corrected chi connectivity index (χ2v) is 24.4. The number of benzene rings is 1. The minimum Gasteiger partial charge on any atom is -0.459 e. The second-order valence-electron chi connectivity index (χ2n) is 24.4. The lowest BCUT2D eigenvalue weighted by molar-refractivity contribution is -0.318. The number of rotatable bonds is 19. The molecule has 80 heavy (non-hydrogen) atoms. The Hall–Kier alpha value is -3.62. The molecule has 0 aliphatic carbocycles. The fourth-order valence-corrected chi connectivity index (χ4v) is 12.5. The average Bonchev–Trinajstić information content (AvgIpc) is 4.15. The van der Waals surface area contributed by atoms with Gasteiger partial charge in [-0.2, -0.15) is 0 Å². The van der Waals surface area contributed by atoms with E-state index in [9.17, 15) is 30.3 Å². The number of halogens is 1. The summed E-state index contributed by atoms with van der Waals surface area (Å²) in [5.41, 5.74) is -1.50. The summed E-state index contributed by atoms with van der Waals surface area (Å²) < 4.78 is 62.6. The van der Waals surface area contributed by atoms with Gasteiger partial charge in [-0.1, -0.05) is 63.6 Å². The molecule has 0 spiro atoms. The van der Waals surface area contributed by atoms with Crippen molar-refractivity contribution in [2.24, 2.45) is 17.8 Å². The molecule has 3 aromatic rings. The van der Waals surface area contributed by atoms with Crippen molar-refractivity contribution in [1.29, 1.82) is 0 Å². The molecule has 3 aliphatic rings. The Morgan fingerprint density at radius 1 is 0.925 bits per heavy atom. The number of aromatic nitrogens is 6. The maximum absolute atomic E-state index is 15.1. The zero-order valence-electron chi connectivity index (χ0n) is 50.4. The number of cyclic esters (lactones) is 1. The minimum absolute atomic E-state index is 0.0816. The first-order chi connectivity index (χ1) is 37.6. The SMILES string of the molecule is CCCC(C)c1cn(-c2ccc([C@@H](OC)[C@@H](CF)n3cc(CCN(C)[C@H]4C[C@@H](C)O[C@@H](O[C@@H]5[C@@H](C)[C@H](O[C@H]6C[C@@](C)(OC)[C@@H](O)[C@H](C)O6)[C@@H](C)C(=O)O[C@H](CC)[C@@](C)(O)[C@H](O)[C@@H](C)N(C)C[C@H](C)C[C@@]5(C)O)[C@@H]4O)nn3)cc2)nn1. The number of methoxy groups -OCH3 is 2. The number of aliphatic hydroxyl groups excluding tert-OH is 3. The quantitative estimate of drug-likeness (QED) is 0.0931. The Bertz CT molecular complexity index is 2380. The molecular weight excluding hydrogens is 1040 g/mol. The van der Waals surface area contributed by atoms with Crippen LogP contribution in [0.4, 0.5) is 4.39 Å². The highest BCUT2D eigenvalue weighted by atomic mass is 19.1. The van der Waals surface area contributed by atoms with Crippen LogP contribution >= 0.6 is 0 Å². The number of nitrogens with zero attached hydrogens (tertiary/aromatic N) is 8. The van der Waals surface area contributed by atoms with Crippen LogP contribution in [0.25, 0.3) is 5.69 Å². The van der Waals surface area contributed by atoms with Crippen LogP contribution in [0.2, 0.25) is 0 Å². The summed E-state index contributed by atoms with van der Waals surface area (Å²) >= 11 is 0. The van der Waals surface area contributed by atoms with E-state index >= 15 is 4.39 Å². The van der Waals surface area contributed by atoms with Gasteiger partial charge in [-0.3, -0.25) is 4.79 Å². The topological polar surface area (TPSA) is 251 Å². The summed E-state index contributed by atoms with van der Waals surface area (Å²) in [6, 6.07) is 5.68. The molecule has 3 saturated heterocycles. The third kappa shape index (κ3) is 15.0. The van der Waals surface area contributed by atoms with E-state index in [2.05, 4.69) is 34.5 Å². The molecule has 1 unspecified atom stereocenters. The summed E-state index contributed by atoms with van der Waals surface area (Å²) in [4.78, 5) is 18.5. The molecule has 0 amide bonds. The van der Waals surface area contributed by atoms with Gasteiger partial charge in [0.15, 0.2) is 12.6 Å². The lowest BCUT2D eigenvalue weighted by Gasteiger charge is -2.49. The van der Waals surface area contributed by atoms with Crippen LogP contribution in [0.15, 0.2) is 36.7 Å². The van der Waals surface area contributed by atoms with Gasteiger partial charge < -0.3 is 68.5 Å². The van der Waals surface area contributed by atoms with E-state index in [1.807, 2.05) is 68.2 Å². The van der Waals surface area contributed by atoms with Gasteiger partial charge in [0.1, 0.15) is 48.8 Å². The summed E-state index contributed by atoms with van der Waals surface area (Å²) in [6.45, 7) is 21.8. The predicted octanol–water partition coefficient (Wildman–Crippen LogP) is 5.49. The Morgan fingerprint density at radius 3 is 2.24 bits per heavy atom. The molecule has 454 valence electrons. The molecule has 22 heteroatoms. The van der Waals surface area contributed by atoms with E-state index in [0.29, 0.717) is 37.5 Å². The van der Waals surface area contributed by atoms with Gasteiger partial charge in [-0.05, 0) is 112 Å². The second kappa shape index (κ2) is 27.8. The molecule has 21 atom stereocenters. The van der Waals surface area contributed by atoms with Crippen molar-refractivity contribution in [1.82, 2.24) is 39.8 Å². The standard InChI is InChI=1S/C58H97FN8O13/c1-17-19-34(4)43-32-66(63-61-43)42-22-20-40(21-23-42)50(74-15)45(29-59)67-31-41(60-62-67)24-25-64(13)44-26-35(5)76-55(48(44)68)80-53-36(6)49(79-47-28-57(11,75-16)52(70)39(9)77-47)37(7)54(71)78-46(18-2)58(12,73)51(69)38(8)65(14)30-33(3)27-56(53,10)72/h20-23,31-39,44-53,55,68-70,72-73H,17-19,24-30H2,1-16H3/t33-,34?,35-,36+,37-,38-,39+,44+,45-,46-,47+,48-,49+,50-,51-,52+,53-,55+,56-,57-,58-/m1/s1. The molecule has 0 saturated carbocycles. The van der Waals surface area contributed by atoms with Crippen molar-refractivity contribution < 1.29 is 67.9 Å². The summed E-state index contributed by atoms with van der Waals surface area (Å²) in [5, 5.41) is 77.5. The molecule has 0 radical (unpaired) electrons. The fraction of sp³-hybridized carbons (Fsp3) is 0.810. The van der Waals surface area contributed by atoms with Crippen LogP contribution in [0.1, 0.15) is 157 Å². The third-order valence-electron chi connectivity index (χ3n) is 17.7. The van der Waals surface area contributed by atoms with Crippen molar-refractivity contribution >= 4 is 5.97 Å². The van der Waals surface area contributed by atoms with Crippen molar-refractivity contribution in [3.05, 3.63) is 53.6 Å². The molecule has 1 aromatic carbocycles. The monoisotopic (exact) mass is 1130 g/mol. The van der Waals surface area contributed by atoms with Crippen LogP contribution in [0.5, 0.6) is 0 Å². The van der Waals surface area contributed by atoms with E-state index in [4.69, 9.17) is 33.2 Å². The predicted molar refractivity (Wildman–Crippen MR) is 296 cm³/mol. The van der Waals surface area contributed by atoms with E-state index in [-0.39, 0.29) is 25.2 Å². The zero-order chi connectivity index (χ0) is 59.2. The first-order valence-electron chi connectivity index (χ1n) is 28.9. The molecule has 21 nitrogen and oxygen atoms in total. The third-order valence-corrected chi connectivity index (χ3v) is 17.7. The lowest BCUT2D eigenvalue weighted by Crippen LogP contribution is -2.61. The number of alkyl halides is 1. The largest absolute Gasteiger partial charge is 0.459 e. The number of ether oxygens (including phenoxy) is 7. The molecule has 5 N–H and O–H groups in total. The Balaban J connectivity index is 1.23. The van der Waals surface area contributed by atoms with E-state index < -0.39 is 127 Å². The lowest BCUT2D eigenvalue weighted by atomic mass is 9.77. The first kappa shape index (κ1) is 65.5. The maximum Gasteiger partial charge on any atom is 0.311 e. The number of hydrogen-bond donors (Lipinski definition) is 5. The fourth-order valence-electron chi connectivity index (χ4n) is 12.5. The molecule has 5 heterocycles. The van der Waals surface area contributed by atoms with E-state index in [0.717, 1.165) is 29.8 Å². The smallest absolute Gasteiger partial charge is 0.311 e. The summed E-state index contributed by atoms with van der Waals surface area (Å²) in [5.74, 6) is -2.60. The number of carbonyl (C=O) groups is 1. The molecule has 3 aliphatic heterocycles. The molecule has 0 bridgehead atoms. The van der Waals surface area contributed by atoms with Crippen molar-refractivity contribution in [3.8, 4) is 5.69 Å². The highest BCUT2D eigenvalue weighted by Crippen LogP contribution is 2.41. The van der Waals surface area contributed by atoms with Crippen molar-refractivity contribution in [3.63, 3.8) is 0 Å². The molecule has 6 rings (SSSR count). The number of likely N-dealkylation sites (N-methyl/N-ethyl adjacent to an activating group) is 2. The number of carbonyl (C=O) groups excluding carboxylic acids is 1. The highest BCUT2D eigenvalue weighted by molar-refractivity contribution is 5.73. The summed E-state index contributed by atoms with van der Waals surface area (Å²) in [6.07, 6.45) is -4.07. The Kier molecular flexibility index (Phi) is 22.8. The number of esters is 1. The number of hydrogen-bond acceptors (Lipinski definition) is 19. The Labute approximate surface area is 473 Å². The van der Waals surface area contributed by atoms with Gasteiger partial charge in [-0.15, -0.1) is 10.2 Å². The minimum atomic E-state index is -1.86. The maximum atomic E-state index is 15.1. The van der Waals surface area contributed by atoms with E-state index in [1.165, 1.54) is 25.8 Å². The molecular formula is C58H97FN8O13. The van der Waals surface area contributed by atoms with Crippen LogP contribution in [-0.2, 0) is 44.4 Å². The Morgan fingerprint density at radius 2 is 1.61 bits per heavy atom. The normalized spacial score (nSPS) is 37.6.